The van der Waals surface area contributed by atoms with Crippen LogP contribution in [0.25, 0.3) is 0 Å². The molecule has 1 rings (SSSR count). The van der Waals surface area contributed by atoms with Gasteiger partial charge in [-0.1, -0.05) is 58.3 Å². The highest BCUT2D eigenvalue weighted by molar-refractivity contribution is 4.84. The second kappa shape index (κ2) is 8.91. The zero-order valence-electron chi connectivity index (χ0n) is 12.6. The molecule has 3 atom stereocenters. The maximum Gasteiger partial charge on any atom is 0.392 e. The Morgan fingerprint density at radius 2 is 1.60 bits per heavy atom. The van der Waals surface area contributed by atoms with Crippen LogP contribution < -0.4 is 0 Å². The van der Waals surface area contributed by atoms with Crippen LogP contribution in [0.4, 0.5) is 13.2 Å². The van der Waals surface area contributed by atoms with E-state index in [1.54, 1.807) is 0 Å². The largest absolute Gasteiger partial charge is 0.393 e. The molecular weight excluding hydrogens is 265 g/mol. The molecule has 0 aromatic heterocycles. The highest BCUT2D eigenvalue weighted by Crippen LogP contribution is 2.43. The van der Waals surface area contributed by atoms with Crippen molar-refractivity contribution in [1.82, 2.24) is 0 Å². The molecule has 3 unspecified atom stereocenters. The van der Waals surface area contributed by atoms with E-state index in [9.17, 15) is 18.3 Å². The zero-order valence-corrected chi connectivity index (χ0v) is 12.6. The fraction of sp³-hybridized carbons (Fsp3) is 1.00. The van der Waals surface area contributed by atoms with Crippen molar-refractivity contribution in [2.45, 2.75) is 89.8 Å². The minimum Gasteiger partial charge on any atom is -0.393 e. The average molecular weight is 294 g/mol. The van der Waals surface area contributed by atoms with Gasteiger partial charge in [-0.05, 0) is 25.2 Å². The van der Waals surface area contributed by atoms with Gasteiger partial charge in [0.2, 0.25) is 0 Å². The van der Waals surface area contributed by atoms with Gasteiger partial charge in [0.25, 0.3) is 0 Å². The number of halogens is 3. The molecule has 1 aliphatic rings. The highest BCUT2D eigenvalue weighted by atomic mass is 19.4. The Balaban J connectivity index is 2.30. The Morgan fingerprint density at radius 3 is 2.25 bits per heavy atom. The SMILES string of the molecule is CCCCCCCCC(O)C1CCCCC1C(F)(F)F. The normalized spacial score (nSPS) is 25.6. The number of aliphatic hydroxyl groups is 1. The molecule has 0 saturated heterocycles. The Bertz CT molecular complexity index is 253. The molecule has 0 heterocycles. The molecular formula is C16H29F3O. The summed E-state index contributed by atoms with van der Waals surface area (Å²) in [6, 6.07) is 0. The molecule has 0 aromatic rings. The number of alkyl halides is 3. The average Bonchev–Trinajstić information content (AvgIpc) is 2.41. The maximum atomic E-state index is 13.0. The first-order valence-corrected chi connectivity index (χ1v) is 8.21. The summed E-state index contributed by atoms with van der Waals surface area (Å²) in [5, 5.41) is 10.1. The Kier molecular flexibility index (Phi) is 7.93. The smallest absolute Gasteiger partial charge is 0.392 e. The first-order chi connectivity index (χ1) is 9.46. The summed E-state index contributed by atoms with van der Waals surface area (Å²) in [4.78, 5) is 0. The number of rotatable bonds is 8. The van der Waals surface area contributed by atoms with Crippen molar-refractivity contribution < 1.29 is 18.3 Å². The lowest BCUT2D eigenvalue weighted by Crippen LogP contribution is -2.39. The summed E-state index contributed by atoms with van der Waals surface area (Å²) in [5.74, 6) is -1.86. The topological polar surface area (TPSA) is 20.2 Å². The van der Waals surface area contributed by atoms with Gasteiger partial charge < -0.3 is 5.11 Å². The predicted octanol–water partition coefficient (Wildman–Crippen LogP) is 5.47. The molecule has 1 saturated carbocycles. The van der Waals surface area contributed by atoms with Gasteiger partial charge in [-0.15, -0.1) is 0 Å². The monoisotopic (exact) mass is 294 g/mol. The third-order valence-electron chi connectivity index (χ3n) is 4.59. The molecule has 1 nitrogen and oxygen atoms in total. The molecule has 0 amide bonds. The van der Waals surface area contributed by atoms with Crippen LogP contribution in [-0.2, 0) is 0 Å². The summed E-state index contributed by atoms with van der Waals surface area (Å²) in [6.45, 7) is 2.16. The third kappa shape index (κ3) is 6.02. The van der Waals surface area contributed by atoms with E-state index >= 15 is 0 Å². The fourth-order valence-electron chi connectivity index (χ4n) is 3.37. The van der Waals surface area contributed by atoms with Crippen LogP contribution in [0, 0.1) is 11.8 Å². The van der Waals surface area contributed by atoms with E-state index in [1.807, 2.05) is 0 Å². The number of unbranched alkanes of at least 4 members (excludes halogenated alkanes) is 5. The van der Waals surface area contributed by atoms with Crippen molar-refractivity contribution in [3.63, 3.8) is 0 Å². The molecule has 0 aromatic carbocycles. The fourth-order valence-corrected chi connectivity index (χ4v) is 3.37. The zero-order chi connectivity index (χ0) is 15.0. The minimum absolute atomic E-state index is 0.196. The van der Waals surface area contributed by atoms with Gasteiger partial charge >= 0.3 is 6.18 Å². The van der Waals surface area contributed by atoms with Gasteiger partial charge in [-0.25, -0.2) is 0 Å². The molecule has 1 aliphatic carbocycles. The lowest BCUT2D eigenvalue weighted by molar-refractivity contribution is -0.207. The van der Waals surface area contributed by atoms with E-state index in [1.165, 1.54) is 19.3 Å². The number of hydrogen-bond acceptors (Lipinski definition) is 1. The second-order valence-corrected chi connectivity index (χ2v) is 6.22. The van der Waals surface area contributed by atoms with Crippen molar-refractivity contribution in [3.05, 3.63) is 0 Å². The van der Waals surface area contributed by atoms with E-state index in [0.29, 0.717) is 19.3 Å². The Hall–Kier alpha value is -0.250. The first kappa shape index (κ1) is 17.8. The highest BCUT2D eigenvalue weighted by Gasteiger charge is 2.47. The maximum absolute atomic E-state index is 13.0. The van der Waals surface area contributed by atoms with Crippen LogP contribution in [0.5, 0.6) is 0 Å². The summed E-state index contributed by atoms with van der Waals surface area (Å²) >= 11 is 0. The van der Waals surface area contributed by atoms with Crippen molar-refractivity contribution in [1.29, 1.82) is 0 Å². The third-order valence-corrected chi connectivity index (χ3v) is 4.59. The molecule has 0 aliphatic heterocycles. The Morgan fingerprint density at radius 1 is 1.00 bits per heavy atom. The minimum atomic E-state index is -4.15. The summed E-state index contributed by atoms with van der Waals surface area (Å²) in [6.07, 6.45) is 4.43. The van der Waals surface area contributed by atoms with Crippen molar-refractivity contribution in [2.24, 2.45) is 11.8 Å². The molecule has 1 fully saturated rings. The summed E-state index contributed by atoms with van der Waals surface area (Å²) < 4.78 is 38.9. The van der Waals surface area contributed by atoms with Gasteiger partial charge in [0.15, 0.2) is 0 Å². The predicted molar refractivity (Wildman–Crippen MR) is 75.5 cm³/mol. The lowest BCUT2D eigenvalue weighted by Gasteiger charge is -2.36. The van der Waals surface area contributed by atoms with Gasteiger partial charge in [0.05, 0.1) is 12.0 Å². The quantitative estimate of drug-likeness (QED) is 0.589. The van der Waals surface area contributed by atoms with Gasteiger partial charge in [-0.3, -0.25) is 0 Å². The molecule has 20 heavy (non-hydrogen) atoms. The van der Waals surface area contributed by atoms with E-state index in [4.69, 9.17) is 0 Å². The second-order valence-electron chi connectivity index (χ2n) is 6.22. The molecule has 1 N–H and O–H groups in total. The van der Waals surface area contributed by atoms with Crippen molar-refractivity contribution in [3.8, 4) is 0 Å². The summed E-state index contributed by atoms with van der Waals surface area (Å²) in [5.41, 5.74) is 0. The number of aliphatic hydroxyl groups excluding tert-OH is 1. The van der Waals surface area contributed by atoms with E-state index in [-0.39, 0.29) is 6.42 Å². The van der Waals surface area contributed by atoms with Crippen LogP contribution >= 0.6 is 0 Å². The molecule has 0 spiro atoms. The van der Waals surface area contributed by atoms with E-state index in [0.717, 1.165) is 25.7 Å². The lowest BCUT2D eigenvalue weighted by atomic mass is 9.74. The van der Waals surface area contributed by atoms with Crippen molar-refractivity contribution >= 4 is 0 Å². The summed E-state index contributed by atoms with van der Waals surface area (Å²) in [7, 11) is 0. The molecule has 4 heteroatoms. The van der Waals surface area contributed by atoms with Crippen LogP contribution in [0.2, 0.25) is 0 Å². The van der Waals surface area contributed by atoms with Gasteiger partial charge in [-0.2, -0.15) is 13.2 Å². The van der Waals surface area contributed by atoms with Crippen LogP contribution in [0.1, 0.15) is 77.6 Å². The van der Waals surface area contributed by atoms with Crippen LogP contribution in [-0.4, -0.2) is 17.4 Å². The standard InChI is InChI=1S/C16H29F3O/c1-2-3-4-5-6-7-12-15(20)13-10-8-9-11-14(13)16(17,18)19/h13-15,20H,2-12H2,1H3. The van der Waals surface area contributed by atoms with E-state index in [2.05, 4.69) is 6.92 Å². The molecule has 120 valence electrons. The first-order valence-electron chi connectivity index (χ1n) is 8.21. The van der Waals surface area contributed by atoms with E-state index < -0.39 is 24.1 Å². The van der Waals surface area contributed by atoms with Gasteiger partial charge in [0, 0.05) is 0 Å². The molecule has 0 bridgehead atoms. The van der Waals surface area contributed by atoms with Crippen LogP contribution in [0.3, 0.4) is 0 Å². The van der Waals surface area contributed by atoms with Gasteiger partial charge in [0.1, 0.15) is 0 Å². The Labute approximate surface area is 120 Å². The van der Waals surface area contributed by atoms with Crippen LogP contribution in [0.15, 0.2) is 0 Å². The molecule has 0 radical (unpaired) electrons. The number of hydrogen-bond donors (Lipinski definition) is 1. The van der Waals surface area contributed by atoms with Crippen molar-refractivity contribution in [2.75, 3.05) is 0 Å².